The molecule has 134 valence electrons. The van der Waals surface area contributed by atoms with Gasteiger partial charge in [-0.2, -0.15) is 0 Å². The Hall–Kier alpha value is -2.66. The minimum absolute atomic E-state index is 0.102. The molecule has 0 aliphatic heterocycles. The van der Waals surface area contributed by atoms with E-state index in [1.807, 2.05) is 26.0 Å². The van der Waals surface area contributed by atoms with E-state index in [9.17, 15) is 9.59 Å². The van der Waals surface area contributed by atoms with Crippen LogP contribution in [0.25, 0.3) is 6.08 Å². The minimum atomic E-state index is -0.914. The SMILES string of the molecule is C/C=C/c1c(CC(=O)O)cccc1NC(=O)C(/C=C\COC)=C/CC. The van der Waals surface area contributed by atoms with Gasteiger partial charge in [-0.05, 0) is 25.0 Å². The number of nitrogens with one attached hydrogen (secondary N) is 1. The molecule has 0 unspecified atom stereocenters. The number of carbonyl (C=O) groups excluding carboxylic acids is 1. The summed E-state index contributed by atoms with van der Waals surface area (Å²) in [6.45, 7) is 4.22. The first-order valence-electron chi connectivity index (χ1n) is 8.16. The third-order valence-corrected chi connectivity index (χ3v) is 3.37. The summed E-state index contributed by atoms with van der Waals surface area (Å²) in [6.07, 6.45) is 9.57. The van der Waals surface area contributed by atoms with Gasteiger partial charge >= 0.3 is 5.97 Å². The summed E-state index contributed by atoms with van der Waals surface area (Å²) in [6, 6.07) is 5.26. The molecule has 0 atom stereocenters. The quantitative estimate of drug-likeness (QED) is 0.528. The number of allylic oxidation sites excluding steroid dienone is 2. The van der Waals surface area contributed by atoms with Crippen molar-refractivity contribution in [3.05, 3.63) is 59.2 Å². The van der Waals surface area contributed by atoms with Gasteiger partial charge in [0.15, 0.2) is 0 Å². The first-order chi connectivity index (χ1) is 12.0. The van der Waals surface area contributed by atoms with Gasteiger partial charge in [0.05, 0.1) is 13.0 Å². The van der Waals surface area contributed by atoms with Crippen LogP contribution < -0.4 is 5.32 Å². The summed E-state index contributed by atoms with van der Waals surface area (Å²) in [5.74, 6) is -1.16. The van der Waals surface area contributed by atoms with Crippen LogP contribution in [-0.2, 0) is 20.7 Å². The minimum Gasteiger partial charge on any atom is -0.481 e. The zero-order valence-electron chi connectivity index (χ0n) is 14.9. The van der Waals surface area contributed by atoms with Crippen molar-refractivity contribution in [2.75, 3.05) is 19.0 Å². The molecule has 0 aromatic heterocycles. The molecular formula is C20H25NO4. The Morgan fingerprint density at radius 3 is 2.68 bits per heavy atom. The second-order valence-electron chi connectivity index (χ2n) is 5.33. The molecule has 25 heavy (non-hydrogen) atoms. The molecule has 2 N–H and O–H groups in total. The Kier molecular flexibility index (Phi) is 8.96. The summed E-state index contributed by atoms with van der Waals surface area (Å²) in [7, 11) is 1.59. The largest absolute Gasteiger partial charge is 0.481 e. The van der Waals surface area contributed by atoms with Gasteiger partial charge in [0.2, 0.25) is 0 Å². The maximum atomic E-state index is 12.6. The molecule has 1 aromatic carbocycles. The molecule has 0 aliphatic rings. The molecule has 0 heterocycles. The Morgan fingerprint density at radius 1 is 1.32 bits per heavy atom. The van der Waals surface area contributed by atoms with Crippen molar-refractivity contribution < 1.29 is 19.4 Å². The van der Waals surface area contributed by atoms with Gasteiger partial charge in [-0.1, -0.05) is 49.4 Å². The van der Waals surface area contributed by atoms with E-state index in [2.05, 4.69) is 5.32 Å². The van der Waals surface area contributed by atoms with Gasteiger partial charge in [-0.3, -0.25) is 9.59 Å². The maximum absolute atomic E-state index is 12.6. The lowest BCUT2D eigenvalue weighted by Gasteiger charge is -2.13. The summed E-state index contributed by atoms with van der Waals surface area (Å²) >= 11 is 0. The van der Waals surface area contributed by atoms with Crippen molar-refractivity contribution in [1.29, 1.82) is 0 Å². The molecule has 1 amide bonds. The van der Waals surface area contributed by atoms with E-state index in [1.165, 1.54) is 0 Å². The van der Waals surface area contributed by atoms with Crippen LogP contribution >= 0.6 is 0 Å². The molecule has 0 radical (unpaired) electrons. The van der Waals surface area contributed by atoms with Crippen molar-refractivity contribution in [1.82, 2.24) is 0 Å². The van der Waals surface area contributed by atoms with E-state index < -0.39 is 5.97 Å². The fourth-order valence-corrected chi connectivity index (χ4v) is 2.32. The van der Waals surface area contributed by atoms with E-state index >= 15 is 0 Å². The van der Waals surface area contributed by atoms with Crippen molar-refractivity contribution in [3.8, 4) is 0 Å². The van der Waals surface area contributed by atoms with Gasteiger partial charge in [0.1, 0.15) is 0 Å². The number of benzene rings is 1. The van der Waals surface area contributed by atoms with E-state index in [0.717, 1.165) is 6.42 Å². The van der Waals surface area contributed by atoms with Crippen molar-refractivity contribution in [2.45, 2.75) is 26.7 Å². The highest BCUT2D eigenvalue weighted by Gasteiger charge is 2.13. The number of carboxylic acids is 1. The lowest BCUT2D eigenvalue weighted by molar-refractivity contribution is -0.136. The summed E-state index contributed by atoms with van der Waals surface area (Å²) in [5, 5.41) is 11.9. The summed E-state index contributed by atoms with van der Waals surface area (Å²) in [5.41, 5.74) is 2.48. The Bertz CT molecular complexity index is 687. The molecule has 0 saturated carbocycles. The highest BCUT2D eigenvalue weighted by Crippen LogP contribution is 2.23. The van der Waals surface area contributed by atoms with Gasteiger partial charge in [0.25, 0.3) is 5.91 Å². The highest BCUT2D eigenvalue weighted by molar-refractivity contribution is 6.06. The monoisotopic (exact) mass is 343 g/mol. The van der Waals surface area contributed by atoms with Crippen LogP contribution in [0.15, 0.2) is 48.1 Å². The van der Waals surface area contributed by atoms with Crippen molar-refractivity contribution in [3.63, 3.8) is 0 Å². The average molecular weight is 343 g/mol. The summed E-state index contributed by atoms with van der Waals surface area (Å²) < 4.78 is 4.96. The number of hydrogen-bond acceptors (Lipinski definition) is 3. The number of ether oxygens (including phenoxy) is 1. The Labute approximate surface area is 148 Å². The molecule has 0 fully saturated rings. The number of aliphatic carboxylic acids is 1. The predicted octanol–water partition coefficient (Wildman–Crippen LogP) is 3.82. The van der Waals surface area contributed by atoms with Crippen LogP contribution in [0, 0.1) is 0 Å². The molecule has 1 rings (SSSR count). The number of rotatable bonds is 9. The summed E-state index contributed by atoms with van der Waals surface area (Å²) in [4.78, 5) is 23.6. The lowest BCUT2D eigenvalue weighted by atomic mass is 10.0. The zero-order valence-corrected chi connectivity index (χ0v) is 14.9. The average Bonchev–Trinajstić information content (AvgIpc) is 2.56. The fraction of sp³-hybridized carbons (Fsp3) is 0.300. The third-order valence-electron chi connectivity index (χ3n) is 3.37. The number of methoxy groups -OCH3 is 1. The van der Waals surface area contributed by atoms with E-state index in [-0.39, 0.29) is 12.3 Å². The lowest BCUT2D eigenvalue weighted by Crippen LogP contribution is -2.15. The second-order valence-corrected chi connectivity index (χ2v) is 5.33. The predicted molar refractivity (Wildman–Crippen MR) is 101 cm³/mol. The number of carbonyl (C=O) groups is 2. The first-order valence-corrected chi connectivity index (χ1v) is 8.16. The molecule has 1 aromatic rings. The Balaban J connectivity index is 3.13. The normalized spacial score (nSPS) is 12.0. The highest BCUT2D eigenvalue weighted by atomic mass is 16.5. The van der Waals surface area contributed by atoms with Crippen LogP contribution in [0.3, 0.4) is 0 Å². The first kappa shape index (κ1) is 20.4. The zero-order chi connectivity index (χ0) is 18.7. The van der Waals surface area contributed by atoms with Gasteiger partial charge < -0.3 is 15.2 Å². The molecule has 0 aliphatic carbocycles. The smallest absolute Gasteiger partial charge is 0.307 e. The third kappa shape index (κ3) is 6.77. The topological polar surface area (TPSA) is 75.6 Å². The van der Waals surface area contributed by atoms with Crippen LogP contribution in [-0.4, -0.2) is 30.7 Å². The molecule has 0 saturated heterocycles. The number of hydrogen-bond donors (Lipinski definition) is 2. The second kappa shape index (κ2) is 11.0. The maximum Gasteiger partial charge on any atom is 0.307 e. The van der Waals surface area contributed by atoms with Gasteiger partial charge in [-0.25, -0.2) is 0 Å². The fourth-order valence-electron chi connectivity index (χ4n) is 2.32. The van der Waals surface area contributed by atoms with Gasteiger partial charge in [0, 0.05) is 23.9 Å². The molecule has 0 spiro atoms. The van der Waals surface area contributed by atoms with E-state index in [4.69, 9.17) is 9.84 Å². The molecule has 5 nitrogen and oxygen atoms in total. The number of anilines is 1. The van der Waals surface area contributed by atoms with Crippen LogP contribution in [0.4, 0.5) is 5.69 Å². The standard InChI is InChI=1S/C20H25NO4/c1-4-8-15(11-7-13-25-3)20(24)21-18-12-6-10-16(14-19(22)23)17(18)9-5-2/h5-12H,4,13-14H2,1-3H3,(H,21,24)(H,22,23)/b9-5+,11-7-,15-8+. The van der Waals surface area contributed by atoms with E-state index in [1.54, 1.807) is 43.5 Å². The van der Waals surface area contributed by atoms with Crippen LogP contribution in [0.2, 0.25) is 0 Å². The number of carboxylic acid groups (broad SMARTS) is 1. The van der Waals surface area contributed by atoms with Crippen molar-refractivity contribution in [2.24, 2.45) is 0 Å². The molecular weight excluding hydrogens is 318 g/mol. The molecule has 5 heteroatoms. The van der Waals surface area contributed by atoms with Gasteiger partial charge in [-0.15, -0.1) is 0 Å². The van der Waals surface area contributed by atoms with Crippen molar-refractivity contribution >= 4 is 23.6 Å². The Morgan fingerprint density at radius 2 is 2.08 bits per heavy atom. The van der Waals surface area contributed by atoms with Crippen LogP contribution in [0.5, 0.6) is 0 Å². The molecule has 0 bridgehead atoms. The van der Waals surface area contributed by atoms with E-state index in [0.29, 0.717) is 29.0 Å². The number of amides is 1. The van der Waals surface area contributed by atoms with Crippen LogP contribution in [0.1, 0.15) is 31.4 Å².